The van der Waals surface area contributed by atoms with Crippen LogP contribution in [0, 0.1) is 5.82 Å². The number of nitrogens with zero attached hydrogens (tertiary/aromatic N) is 6. The number of amides is 2. The third-order valence-corrected chi connectivity index (χ3v) is 5.08. The molecule has 0 unspecified atom stereocenters. The smallest absolute Gasteiger partial charge is 0.228 e. The van der Waals surface area contributed by atoms with Gasteiger partial charge in [-0.05, 0) is 18.6 Å². The molecule has 2 amide bonds. The minimum absolute atomic E-state index is 0.0379. The minimum Gasteiger partial charge on any atom is -0.340 e. The van der Waals surface area contributed by atoms with Crippen molar-refractivity contribution in [3.05, 3.63) is 41.5 Å². The lowest BCUT2D eigenvalue weighted by molar-refractivity contribution is -0.130. The number of fused-ring (bicyclic) bond motifs is 1. The van der Waals surface area contributed by atoms with Crippen molar-refractivity contribution in [2.45, 2.75) is 38.8 Å². The molecule has 4 heterocycles. The molecule has 0 bridgehead atoms. The van der Waals surface area contributed by atoms with Gasteiger partial charge in [0.2, 0.25) is 11.8 Å². The molecule has 2 aromatic heterocycles. The van der Waals surface area contributed by atoms with Crippen LogP contribution in [0.1, 0.15) is 30.2 Å². The largest absolute Gasteiger partial charge is 0.340 e. The van der Waals surface area contributed by atoms with Gasteiger partial charge in [-0.2, -0.15) is 0 Å². The van der Waals surface area contributed by atoms with Gasteiger partial charge >= 0.3 is 0 Å². The quantitative estimate of drug-likeness (QED) is 0.783. The van der Waals surface area contributed by atoms with Gasteiger partial charge in [-0.1, -0.05) is 0 Å². The van der Waals surface area contributed by atoms with E-state index in [4.69, 9.17) is 0 Å². The summed E-state index contributed by atoms with van der Waals surface area (Å²) in [4.78, 5) is 32.0. The van der Waals surface area contributed by atoms with Gasteiger partial charge in [-0.15, -0.1) is 10.2 Å². The molecule has 2 aliphatic rings. The molecule has 2 aromatic rings. The Morgan fingerprint density at radius 2 is 2.00 bits per heavy atom. The second kappa shape index (κ2) is 7.42. The Kier molecular flexibility index (Phi) is 4.83. The summed E-state index contributed by atoms with van der Waals surface area (Å²) < 4.78 is 15.0. The maximum Gasteiger partial charge on any atom is 0.228 e. The maximum atomic E-state index is 13.0. The molecule has 0 radical (unpaired) electrons. The lowest BCUT2D eigenvalue weighted by Gasteiger charge is -2.20. The third-order valence-electron chi connectivity index (χ3n) is 5.08. The molecule has 1 fully saturated rings. The van der Waals surface area contributed by atoms with E-state index in [0.29, 0.717) is 44.7 Å². The van der Waals surface area contributed by atoms with Crippen molar-refractivity contribution in [1.82, 2.24) is 29.5 Å². The molecule has 9 heteroatoms. The summed E-state index contributed by atoms with van der Waals surface area (Å²) in [6, 6.07) is 2.84. The first-order chi connectivity index (χ1) is 13.1. The first-order valence-electron chi connectivity index (χ1n) is 9.17. The zero-order chi connectivity index (χ0) is 18.8. The molecule has 0 aromatic carbocycles. The summed E-state index contributed by atoms with van der Waals surface area (Å²) in [6.07, 6.45) is 3.37. The topological polar surface area (TPSA) is 84.2 Å². The van der Waals surface area contributed by atoms with E-state index in [1.165, 1.54) is 12.1 Å². The molecule has 0 spiro atoms. The number of rotatable bonds is 4. The Bertz CT molecular complexity index is 850. The summed E-state index contributed by atoms with van der Waals surface area (Å²) in [5.74, 6) is 1.32. The highest BCUT2D eigenvalue weighted by atomic mass is 19.1. The van der Waals surface area contributed by atoms with E-state index in [1.807, 2.05) is 9.47 Å². The van der Waals surface area contributed by atoms with Crippen LogP contribution in [0.25, 0.3) is 0 Å². The van der Waals surface area contributed by atoms with Crippen molar-refractivity contribution < 1.29 is 14.0 Å². The fourth-order valence-electron chi connectivity index (χ4n) is 3.57. The molecule has 0 aliphatic carbocycles. The summed E-state index contributed by atoms with van der Waals surface area (Å²) in [5, 5.41) is 8.51. The maximum absolute atomic E-state index is 13.0. The van der Waals surface area contributed by atoms with Crippen LogP contribution in [-0.4, -0.2) is 61.0 Å². The lowest BCUT2D eigenvalue weighted by atomic mass is 10.2. The predicted octanol–water partition coefficient (Wildman–Crippen LogP) is 0.562. The van der Waals surface area contributed by atoms with Crippen molar-refractivity contribution in [1.29, 1.82) is 0 Å². The van der Waals surface area contributed by atoms with Crippen molar-refractivity contribution in [3.63, 3.8) is 0 Å². The number of halogens is 1. The standard InChI is InChI=1S/C18H21FN6O2/c19-13-3-4-14(20-11-13)10-18(27)23-7-5-15-21-22-16(25(15)9-8-23)12-24-6-1-2-17(24)26/h3-4,11H,1-2,5-10,12H2. The summed E-state index contributed by atoms with van der Waals surface area (Å²) in [7, 11) is 0. The molecule has 4 rings (SSSR count). The Hall–Kier alpha value is -2.84. The van der Waals surface area contributed by atoms with Gasteiger partial charge < -0.3 is 14.4 Å². The van der Waals surface area contributed by atoms with E-state index in [0.717, 1.165) is 30.8 Å². The van der Waals surface area contributed by atoms with Crippen LogP contribution in [0.5, 0.6) is 0 Å². The minimum atomic E-state index is -0.414. The van der Waals surface area contributed by atoms with Crippen LogP contribution in [0.2, 0.25) is 0 Å². The van der Waals surface area contributed by atoms with Crippen molar-refractivity contribution in [2.75, 3.05) is 19.6 Å². The predicted molar refractivity (Wildman–Crippen MR) is 92.9 cm³/mol. The summed E-state index contributed by atoms with van der Waals surface area (Å²) in [6.45, 7) is 2.94. The van der Waals surface area contributed by atoms with Gasteiger partial charge in [-0.25, -0.2) is 4.39 Å². The fourth-order valence-corrected chi connectivity index (χ4v) is 3.57. The average Bonchev–Trinajstić information content (AvgIpc) is 3.16. The molecule has 0 N–H and O–H groups in total. The zero-order valence-electron chi connectivity index (χ0n) is 15.0. The van der Waals surface area contributed by atoms with Crippen LogP contribution in [0.4, 0.5) is 4.39 Å². The molecule has 0 saturated carbocycles. The van der Waals surface area contributed by atoms with Gasteiger partial charge in [-0.3, -0.25) is 14.6 Å². The van der Waals surface area contributed by atoms with E-state index < -0.39 is 5.82 Å². The molecule has 2 aliphatic heterocycles. The number of likely N-dealkylation sites (tertiary alicyclic amines) is 1. The molecule has 142 valence electrons. The van der Waals surface area contributed by atoms with Crippen molar-refractivity contribution in [3.8, 4) is 0 Å². The molecular formula is C18H21FN6O2. The molecular weight excluding hydrogens is 351 g/mol. The van der Waals surface area contributed by atoms with Gasteiger partial charge in [0.15, 0.2) is 5.82 Å². The van der Waals surface area contributed by atoms with Crippen molar-refractivity contribution in [2.24, 2.45) is 0 Å². The zero-order valence-corrected chi connectivity index (χ0v) is 15.0. The number of hydrogen-bond donors (Lipinski definition) is 0. The summed E-state index contributed by atoms with van der Waals surface area (Å²) >= 11 is 0. The molecule has 0 atom stereocenters. The van der Waals surface area contributed by atoms with Gasteiger partial charge in [0.1, 0.15) is 11.6 Å². The number of carbonyl (C=O) groups excluding carboxylic acids is 2. The van der Waals surface area contributed by atoms with E-state index in [9.17, 15) is 14.0 Å². The first-order valence-corrected chi connectivity index (χ1v) is 9.17. The Morgan fingerprint density at radius 1 is 1.11 bits per heavy atom. The highest BCUT2D eigenvalue weighted by Crippen LogP contribution is 2.16. The Balaban J connectivity index is 1.40. The van der Waals surface area contributed by atoms with Crippen LogP contribution in [0.15, 0.2) is 18.3 Å². The number of pyridine rings is 1. The second-order valence-electron chi connectivity index (χ2n) is 6.88. The summed E-state index contributed by atoms with van der Waals surface area (Å²) in [5.41, 5.74) is 0.554. The fraction of sp³-hybridized carbons (Fsp3) is 0.500. The third kappa shape index (κ3) is 3.81. The van der Waals surface area contributed by atoms with Gasteiger partial charge in [0.25, 0.3) is 0 Å². The molecule has 8 nitrogen and oxygen atoms in total. The first kappa shape index (κ1) is 17.6. The van der Waals surface area contributed by atoms with Crippen LogP contribution >= 0.6 is 0 Å². The van der Waals surface area contributed by atoms with Crippen molar-refractivity contribution >= 4 is 11.8 Å². The molecule has 27 heavy (non-hydrogen) atoms. The van der Waals surface area contributed by atoms with E-state index in [1.54, 1.807) is 4.90 Å². The number of aromatic nitrogens is 4. The van der Waals surface area contributed by atoms with Gasteiger partial charge in [0, 0.05) is 44.7 Å². The lowest BCUT2D eigenvalue weighted by Crippen LogP contribution is -2.35. The normalized spacial score (nSPS) is 17.1. The van der Waals surface area contributed by atoms with Gasteiger partial charge in [0.05, 0.1) is 19.2 Å². The van der Waals surface area contributed by atoms with Crippen LogP contribution in [-0.2, 0) is 35.5 Å². The monoisotopic (exact) mass is 372 g/mol. The SMILES string of the molecule is O=C(Cc1ccc(F)cn1)N1CCc2nnc(CN3CCCC3=O)n2CC1. The second-order valence-corrected chi connectivity index (χ2v) is 6.88. The van der Waals surface area contributed by atoms with E-state index in [2.05, 4.69) is 15.2 Å². The average molecular weight is 372 g/mol. The molecule has 1 saturated heterocycles. The van der Waals surface area contributed by atoms with Crippen LogP contribution < -0.4 is 0 Å². The highest BCUT2D eigenvalue weighted by Gasteiger charge is 2.26. The van der Waals surface area contributed by atoms with E-state index in [-0.39, 0.29) is 18.2 Å². The Morgan fingerprint density at radius 3 is 2.74 bits per heavy atom. The highest BCUT2D eigenvalue weighted by molar-refractivity contribution is 5.78. The van der Waals surface area contributed by atoms with Crippen LogP contribution in [0.3, 0.4) is 0 Å². The number of carbonyl (C=O) groups is 2. The number of hydrogen-bond acceptors (Lipinski definition) is 5. The Labute approximate surface area is 156 Å². The van der Waals surface area contributed by atoms with E-state index >= 15 is 0 Å².